The van der Waals surface area contributed by atoms with Crippen LogP contribution in [0.3, 0.4) is 0 Å². The predicted octanol–water partition coefficient (Wildman–Crippen LogP) is 3.11. The Labute approximate surface area is 178 Å². The van der Waals surface area contributed by atoms with Crippen LogP contribution < -0.4 is 10.2 Å². The van der Waals surface area contributed by atoms with Crippen molar-refractivity contribution in [2.45, 2.75) is 37.0 Å². The summed E-state index contributed by atoms with van der Waals surface area (Å²) in [4.78, 5) is 19.4. The Morgan fingerprint density at radius 2 is 1.70 bits per heavy atom. The van der Waals surface area contributed by atoms with E-state index < -0.39 is 10.0 Å². The van der Waals surface area contributed by atoms with Crippen LogP contribution >= 0.6 is 0 Å². The number of nitrogens with zero attached hydrogens (tertiary/aromatic N) is 3. The Morgan fingerprint density at radius 1 is 0.967 bits per heavy atom. The fourth-order valence-electron chi connectivity index (χ4n) is 4.23. The van der Waals surface area contributed by atoms with Crippen molar-refractivity contribution in [2.24, 2.45) is 5.92 Å². The monoisotopic (exact) mass is 428 g/mol. The van der Waals surface area contributed by atoms with Gasteiger partial charge in [-0.25, -0.2) is 8.42 Å². The summed E-state index contributed by atoms with van der Waals surface area (Å²) < 4.78 is 27.0. The van der Waals surface area contributed by atoms with Gasteiger partial charge in [0.2, 0.25) is 15.9 Å². The standard InChI is InChI=1S/C22H28N4O3S/c27-22(24-20-8-2-3-9-21(20)25-13-4-1-5-14-25)18-10-15-26(16-11-18)30(28,29)19-7-6-12-23-17-19/h2-3,6-9,12,17-18H,1,4-5,10-11,13-16H2,(H,24,27). The molecule has 4 rings (SSSR count). The topological polar surface area (TPSA) is 82.6 Å². The van der Waals surface area contributed by atoms with Crippen molar-refractivity contribution in [3.8, 4) is 0 Å². The summed E-state index contributed by atoms with van der Waals surface area (Å²) in [6.45, 7) is 2.70. The molecule has 1 N–H and O–H groups in total. The summed E-state index contributed by atoms with van der Waals surface area (Å²) in [5.41, 5.74) is 1.91. The molecule has 0 bridgehead atoms. The van der Waals surface area contributed by atoms with Crippen molar-refractivity contribution >= 4 is 27.3 Å². The smallest absolute Gasteiger partial charge is 0.244 e. The average molecular weight is 429 g/mol. The maximum Gasteiger partial charge on any atom is 0.244 e. The molecule has 30 heavy (non-hydrogen) atoms. The Hall–Kier alpha value is -2.45. The minimum absolute atomic E-state index is 0.0297. The summed E-state index contributed by atoms with van der Waals surface area (Å²) in [5.74, 6) is -0.224. The molecular formula is C22H28N4O3S. The molecule has 0 spiro atoms. The van der Waals surface area contributed by atoms with Gasteiger partial charge in [0, 0.05) is 44.5 Å². The molecule has 0 unspecified atom stereocenters. The van der Waals surface area contributed by atoms with Crippen LogP contribution in [-0.4, -0.2) is 49.8 Å². The number of para-hydroxylation sites is 2. The molecule has 3 heterocycles. The van der Waals surface area contributed by atoms with E-state index in [4.69, 9.17) is 0 Å². The zero-order chi connectivity index (χ0) is 21.0. The number of hydrogen-bond donors (Lipinski definition) is 1. The zero-order valence-corrected chi connectivity index (χ0v) is 17.9. The van der Waals surface area contributed by atoms with Gasteiger partial charge in [-0.05, 0) is 56.4 Å². The van der Waals surface area contributed by atoms with Crippen LogP contribution in [0.1, 0.15) is 32.1 Å². The molecule has 2 aliphatic rings. The normalized spacial score (nSPS) is 18.9. The van der Waals surface area contributed by atoms with Crippen molar-refractivity contribution < 1.29 is 13.2 Å². The second-order valence-corrected chi connectivity index (χ2v) is 9.86. The molecule has 1 aromatic heterocycles. The molecule has 1 amide bonds. The highest BCUT2D eigenvalue weighted by molar-refractivity contribution is 7.89. The molecule has 8 heteroatoms. The number of carbonyl (C=O) groups excluding carboxylic acids is 1. The van der Waals surface area contributed by atoms with Crippen LogP contribution in [0.15, 0.2) is 53.7 Å². The Bertz CT molecular complexity index is 967. The van der Waals surface area contributed by atoms with E-state index in [-0.39, 0.29) is 16.7 Å². The summed E-state index contributed by atoms with van der Waals surface area (Å²) in [7, 11) is -3.56. The lowest BCUT2D eigenvalue weighted by Gasteiger charge is -2.32. The number of nitrogens with one attached hydrogen (secondary N) is 1. The number of amides is 1. The maximum absolute atomic E-state index is 12.9. The van der Waals surface area contributed by atoms with Gasteiger partial charge >= 0.3 is 0 Å². The second-order valence-electron chi connectivity index (χ2n) is 7.92. The molecule has 2 aromatic rings. The fraction of sp³-hybridized carbons (Fsp3) is 0.455. The van der Waals surface area contributed by atoms with Crippen molar-refractivity contribution in [3.05, 3.63) is 48.8 Å². The summed E-state index contributed by atoms with van der Waals surface area (Å²) in [6.07, 6.45) is 7.54. The number of rotatable bonds is 5. The first-order valence-electron chi connectivity index (χ1n) is 10.6. The SMILES string of the molecule is O=C(Nc1ccccc1N1CCCCC1)C1CCN(S(=O)(=O)c2cccnc2)CC1. The highest BCUT2D eigenvalue weighted by Crippen LogP contribution is 2.30. The zero-order valence-electron chi connectivity index (χ0n) is 17.0. The van der Waals surface area contributed by atoms with E-state index in [0.717, 1.165) is 24.5 Å². The molecule has 0 radical (unpaired) electrons. The summed E-state index contributed by atoms with van der Waals surface area (Å²) in [5, 5.41) is 3.10. The third-order valence-corrected chi connectivity index (χ3v) is 7.84. The van der Waals surface area contributed by atoms with E-state index in [1.807, 2.05) is 18.2 Å². The first-order chi connectivity index (χ1) is 14.6. The molecule has 7 nitrogen and oxygen atoms in total. The van der Waals surface area contributed by atoms with Crippen molar-refractivity contribution in [1.29, 1.82) is 0 Å². The maximum atomic E-state index is 12.9. The van der Waals surface area contributed by atoms with Gasteiger partial charge in [0.05, 0.1) is 11.4 Å². The van der Waals surface area contributed by atoms with Gasteiger partial charge in [-0.3, -0.25) is 9.78 Å². The number of piperidine rings is 2. The van der Waals surface area contributed by atoms with Crippen LogP contribution in [0.25, 0.3) is 0 Å². The number of pyridine rings is 1. The van der Waals surface area contributed by atoms with Gasteiger partial charge in [0.25, 0.3) is 0 Å². The number of sulfonamides is 1. The molecule has 1 aromatic carbocycles. The molecule has 160 valence electrons. The third-order valence-electron chi connectivity index (χ3n) is 5.96. The van der Waals surface area contributed by atoms with Gasteiger partial charge in [-0.2, -0.15) is 4.31 Å². The van der Waals surface area contributed by atoms with Crippen LogP contribution in [0.5, 0.6) is 0 Å². The fourth-order valence-corrected chi connectivity index (χ4v) is 5.67. The molecule has 0 atom stereocenters. The van der Waals surface area contributed by atoms with Crippen LogP contribution in [-0.2, 0) is 14.8 Å². The van der Waals surface area contributed by atoms with Gasteiger partial charge < -0.3 is 10.2 Å². The first-order valence-corrected chi connectivity index (χ1v) is 12.0. The Morgan fingerprint density at radius 3 is 2.40 bits per heavy atom. The van der Waals surface area contributed by atoms with Crippen LogP contribution in [0.4, 0.5) is 11.4 Å². The predicted molar refractivity (Wildman–Crippen MR) is 117 cm³/mol. The van der Waals surface area contributed by atoms with E-state index in [0.29, 0.717) is 25.9 Å². The summed E-state index contributed by atoms with van der Waals surface area (Å²) >= 11 is 0. The minimum Gasteiger partial charge on any atom is -0.370 e. The van der Waals surface area contributed by atoms with E-state index >= 15 is 0 Å². The summed E-state index contributed by atoms with van der Waals surface area (Å²) in [6, 6.07) is 11.1. The van der Waals surface area contributed by atoms with Gasteiger partial charge in [-0.1, -0.05) is 12.1 Å². The van der Waals surface area contributed by atoms with Crippen molar-refractivity contribution in [3.63, 3.8) is 0 Å². The number of hydrogen-bond acceptors (Lipinski definition) is 5. The second kappa shape index (κ2) is 9.14. The van der Waals surface area contributed by atoms with Crippen molar-refractivity contribution in [1.82, 2.24) is 9.29 Å². The van der Waals surface area contributed by atoms with E-state index in [9.17, 15) is 13.2 Å². The lowest BCUT2D eigenvalue weighted by atomic mass is 9.97. The first kappa shape index (κ1) is 20.8. The number of aromatic nitrogens is 1. The molecule has 0 aliphatic carbocycles. The average Bonchev–Trinajstić information content (AvgIpc) is 2.80. The van der Waals surface area contributed by atoms with E-state index in [2.05, 4.69) is 21.3 Å². The molecule has 2 aliphatic heterocycles. The lowest BCUT2D eigenvalue weighted by molar-refractivity contribution is -0.120. The molecule has 2 saturated heterocycles. The number of benzene rings is 1. The highest BCUT2D eigenvalue weighted by atomic mass is 32.2. The number of anilines is 2. The highest BCUT2D eigenvalue weighted by Gasteiger charge is 2.32. The van der Waals surface area contributed by atoms with Gasteiger partial charge in [-0.15, -0.1) is 0 Å². The van der Waals surface area contributed by atoms with E-state index in [1.54, 1.807) is 18.3 Å². The van der Waals surface area contributed by atoms with Crippen LogP contribution in [0.2, 0.25) is 0 Å². The largest absolute Gasteiger partial charge is 0.370 e. The minimum atomic E-state index is -3.56. The van der Waals surface area contributed by atoms with E-state index in [1.165, 1.54) is 29.8 Å². The van der Waals surface area contributed by atoms with Crippen molar-refractivity contribution in [2.75, 3.05) is 36.4 Å². The molecular weight excluding hydrogens is 400 g/mol. The lowest BCUT2D eigenvalue weighted by Crippen LogP contribution is -2.41. The Balaban J connectivity index is 1.39. The molecule has 0 saturated carbocycles. The third kappa shape index (κ3) is 4.49. The Kier molecular flexibility index (Phi) is 6.34. The molecule has 2 fully saturated rings. The van der Waals surface area contributed by atoms with Gasteiger partial charge in [0.1, 0.15) is 4.90 Å². The quantitative estimate of drug-likeness (QED) is 0.791. The number of carbonyl (C=O) groups is 1. The van der Waals surface area contributed by atoms with Crippen LogP contribution in [0, 0.1) is 5.92 Å². The van der Waals surface area contributed by atoms with Gasteiger partial charge in [0.15, 0.2) is 0 Å².